The maximum atomic E-state index is 12.1. The van der Waals surface area contributed by atoms with Crippen LogP contribution in [0.4, 0.5) is 0 Å². The van der Waals surface area contributed by atoms with Gasteiger partial charge in [0.1, 0.15) is 11.4 Å². The number of amides is 1. The summed E-state index contributed by atoms with van der Waals surface area (Å²) in [5.74, 6) is 0.423. The fraction of sp³-hybridized carbons (Fsp3) is 0.238. The Bertz CT molecular complexity index is 1040. The first-order valence-corrected chi connectivity index (χ1v) is 9.19. The van der Waals surface area contributed by atoms with Gasteiger partial charge in [0.05, 0.1) is 23.9 Å². The van der Waals surface area contributed by atoms with E-state index in [1.165, 1.54) is 0 Å². The van der Waals surface area contributed by atoms with Crippen molar-refractivity contribution < 1.29 is 9.53 Å². The van der Waals surface area contributed by atoms with Crippen LogP contribution in [0.2, 0.25) is 0 Å². The number of carbonyl (C=O) groups excluding carboxylic acids is 1. The highest BCUT2D eigenvalue weighted by molar-refractivity contribution is 5.85. The van der Waals surface area contributed by atoms with Gasteiger partial charge in [-0.1, -0.05) is 31.2 Å². The quantitative estimate of drug-likeness (QED) is 0.465. The lowest BCUT2D eigenvalue weighted by Crippen LogP contribution is -2.21. The molecule has 1 amide bonds. The van der Waals surface area contributed by atoms with Gasteiger partial charge < -0.3 is 9.72 Å². The third kappa shape index (κ3) is 5.03. The number of para-hydroxylation sites is 3. The van der Waals surface area contributed by atoms with E-state index in [1.54, 1.807) is 12.3 Å². The first-order chi connectivity index (χ1) is 13.7. The number of fused-ring (bicyclic) bond motifs is 1. The molecule has 0 fully saturated rings. The van der Waals surface area contributed by atoms with Crippen LogP contribution in [-0.2, 0) is 11.2 Å². The van der Waals surface area contributed by atoms with Gasteiger partial charge in [0, 0.05) is 18.4 Å². The molecule has 0 unspecified atom stereocenters. The molecule has 1 heterocycles. The van der Waals surface area contributed by atoms with E-state index in [4.69, 9.17) is 4.74 Å². The van der Waals surface area contributed by atoms with Gasteiger partial charge in [-0.25, -0.2) is 10.4 Å². The van der Waals surface area contributed by atoms with Crippen LogP contribution in [0.3, 0.4) is 0 Å². The van der Waals surface area contributed by atoms with Crippen LogP contribution in [0.15, 0.2) is 58.4 Å². The molecule has 0 bridgehead atoms. The molecule has 7 nitrogen and oxygen atoms in total. The van der Waals surface area contributed by atoms with Crippen molar-refractivity contribution in [1.82, 2.24) is 15.4 Å². The Labute approximate surface area is 162 Å². The molecule has 0 aliphatic heterocycles. The number of aromatic amines is 1. The van der Waals surface area contributed by atoms with E-state index in [2.05, 4.69) is 20.5 Å². The largest absolute Gasteiger partial charge is 0.493 e. The molecule has 0 aliphatic carbocycles. The summed E-state index contributed by atoms with van der Waals surface area (Å²) in [7, 11) is 0. The number of rotatable bonds is 8. The lowest BCUT2D eigenvalue weighted by atomic mass is 10.2. The second kappa shape index (κ2) is 9.45. The predicted molar refractivity (Wildman–Crippen MR) is 109 cm³/mol. The summed E-state index contributed by atoms with van der Waals surface area (Å²) in [6, 6.07) is 14.8. The van der Waals surface area contributed by atoms with Crippen LogP contribution >= 0.6 is 0 Å². The van der Waals surface area contributed by atoms with Crippen molar-refractivity contribution in [2.24, 2.45) is 5.10 Å². The zero-order valence-electron chi connectivity index (χ0n) is 15.6. The second-order valence-corrected chi connectivity index (χ2v) is 6.21. The Morgan fingerprint density at radius 1 is 1.21 bits per heavy atom. The zero-order valence-corrected chi connectivity index (χ0v) is 15.6. The first kappa shape index (κ1) is 19.3. The van der Waals surface area contributed by atoms with Crippen LogP contribution in [0.25, 0.3) is 11.0 Å². The highest BCUT2D eigenvalue weighted by Crippen LogP contribution is 2.15. The van der Waals surface area contributed by atoms with Crippen molar-refractivity contribution in [2.75, 3.05) is 6.61 Å². The molecule has 2 N–H and O–H groups in total. The minimum atomic E-state index is -0.294. The summed E-state index contributed by atoms with van der Waals surface area (Å²) in [5.41, 5.74) is 4.68. The Kier molecular flexibility index (Phi) is 6.51. The van der Waals surface area contributed by atoms with Gasteiger partial charge >= 0.3 is 0 Å². The molecule has 0 saturated heterocycles. The number of aromatic nitrogens is 2. The van der Waals surface area contributed by atoms with E-state index < -0.39 is 0 Å². The average Bonchev–Trinajstić information content (AvgIpc) is 2.71. The Morgan fingerprint density at radius 2 is 2.00 bits per heavy atom. The van der Waals surface area contributed by atoms with Crippen molar-refractivity contribution in [1.29, 1.82) is 0 Å². The third-order valence-corrected chi connectivity index (χ3v) is 4.03. The Hall–Kier alpha value is -3.48. The van der Waals surface area contributed by atoms with Gasteiger partial charge in [-0.3, -0.25) is 9.59 Å². The van der Waals surface area contributed by atoms with Gasteiger partial charge in [0.25, 0.3) is 5.56 Å². The molecule has 3 aromatic rings. The fourth-order valence-electron chi connectivity index (χ4n) is 2.63. The van der Waals surface area contributed by atoms with Crippen molar-refractivity contribution in [3.63, 3.8) is 0 Å². The summed E-state index contributed by atoms with van der Waals surface area (Å²) in [4.78, 5) is 31.2. The number of nitrogens with zero attached hydrogens (tertiary/aromatic N) is 2. The van der Waals surface area contributed by atoms with Crippen molar-refractivity contribution in [3.8, 4) is 5.75 Å². The lowest BCUT2D eigenvalue weighted by molar-refractivity contribution is -0.121. The van der Waals surface area contributed by atoms with E-state index in [0.717, 1.165) is 12.0 Å². The predicted octanol–water partition coefficient (Wildman–Crippen LogP) is 2.79. The van der Waals surface area contributed by atoms with Crippen molar-refractivity contribution >= 4 is 23.2 Å². The van der Waals surface area contributed by atoms with Gasteiger partial charge in [-0.05, 0) is 30.7 Å². The van der Waals surface area contributed by atoms with E-state index in [-0.39, 0.29) is 24.3 Å². The summed E-state index contributed by atoms with van der Waals surface area (Å²) >= 11 is 0. The molecular weight excluding hydrogens is 356 g/mol. The molecule has 144 valence electrons. The fourth-order valence-corrected chi connectivity index (χ4v) is 2.63. The number of benzene rings is 2. The number of hydrogen-bond donors (Lipinski definition) is 2. The summed E-state index contributed by atoms with van der Waals surface area (Å²) in [6.07, 6.45) is 2.80. The van der Waals surface area contributed by atoms with Crippen LogP contribution < -0.4 is 15.7 Å². The van der Waals surface area contributed by atoms with Crippen molar-refractivity contribution in [3.05, 3.63) is 70.1 Å². The molecule has 0 atom stereocenters. The van der Waals surface area contributed by atoms with Gasteiger partial charge in [0.15, 0.2) is 0 Å². The van der Waals surface area contributed by atoms with Crippen LogP contribution in [0, 0.1) is 0 Å². The van der Waals surface area contributed by atoms with Gasteiger partial charge in [0.2, 0.25) is 5.91 Å². The summed E-state index contributed by atoms with van der Waals surface area (Å²) in [5, 5.41) is 3.98. The second-order valence-electron chi connectivity index (χ2n) is 6.21. The third-order valence-electron chi connectivity index (χ3n) is 4.03. The molecule has 7 heteroatoms. The number of hydrazone groups is 1. The standard InChI is InChI=1S/C21H22N4O3/c1-2-13-28-19-10-6-3-7-15(19)14-22-25-20(26)12-11-18-21(27)24-17-9-5-4-8-16(17)23-18/h3-10,14H,2,11-13H2,1H3,(H,24,27)(H,25,26)/b22-14+. The zero-order chi connectivity index (χ0) is 19.8. The van der Waals surface area contributed by atoms with Gasteiger partial charge in [-0.2, -0.15) is 5.10 Å². The van der Waals surface area contributed by atoms with Crippen LogP contribution in [0.1, 0.15) is 31.0 Å². The minimum Gasteiger partial charge on any atom is -0.493 e. The summed E-state index contributed by atoms with van der Waals surface area (Å²) in [6.45, 7) is 2.65. The number of H-pyrrole nitrogens is 1. The first-order valence-electron chi connectivity index (χ1n) is 9.19. The van der Waals surface area contributed by atoms with Crippen LogP contribution in [-0.4, -0.2) is 28.7 Å². The molecule has 0 aliphatic rings. The molecule has 1 aromatic heterocycles. The minimum absolute atomic E-state index is 0.111. The molecule has 0 radical (unpaired) electrons. The lowest BCUT2D eigenvalue weighted by Gasteiger charge is -2.07. The number of nitrogens with one attached hydrogen (secondary N) is 2. The molecule has 0 saturated carbocycles. The number of hydrogen-bond acceptors (Lipinski definition) is 5. The normalized spacial score (nSPS) is 11.0. The maximum absolute atomic E-state index is 12.1. The van der Waals surface area contributed by atoms with E-state index >= 15 is 0 Å². The number of aryl methyl sites for hydroxylation is 1. The van der Waals surface area contributed by atoms with E-state index in [9.17, 15) is 9.59 Å². The monoisotopic (exact) mass is 378 g/mol. The molecular formula is C21H22N4O3. The highest BCUT2D eigenvalue weighted by atomic mass is 16.5. The number of carbonyl (C=O) groups is 1. The Balaban J connectivity index is 1.57. The van der Waals surface area contributed by atoms with Crippen molar-refractivity contribution in [2.45, 2.75) is 26.2 Å². The maximum Gasteiger partial charge on any atom is 0.270 e. The topological polar surface area (TPSA) is 96.4 Å². The van der Waals surface area contributed by atoms with Gasteiger partial charge in [-0.15, -0.1) is 0 Å². The molecule has 0 spiro atoms. The molecule has 28 heavy (non-hydrogen) atoms. The average molecular weight is 378 g/mol. The van der Waals surface area contributed by atoms with E-state index in [1.807, 2.05) is 49.4 Å². The van der Waals surface area contributed by atoms with E-state index in [0.29, 0.717) is 29.1 Å². The molecule has 3 rings (SSSR count). The number of ether oxygens (including phenoxy) is 1. The SMILES string of the molecule is CCCOc1ccccc1/C=N/NC(=O)CCc1nc2ccccc2[nH]c1=O. The summed E-state index contributed by atoms with van der Waals surface area (Å²) < 4.78 is 5.65. The smallest absolute Gasteiger partial charge is 0.270 e. The Morgan fingerprint density at radius 3 is 2.86 bits per heavy atom. The highest BCUT2D eigenvalue weighted by Gasteiger charge is 2.08. The molecule has 2 aromatic carbocycles. The van der Waals surface area contributed by atoms with Crippen LogP contribution in [0.5, 0.6) is 5.75 Å².